The Morgan fingerprint density at radius 1 is 1.30 bits per heavy atom. The molecule has 106 valence electrons. The molecule has 0 unspecified atom stereocenters. The molecule has 0 atom stereocenters. The van der Waals surface area contributed by atoms with Gasteiger partial charge in [-0.1, -0.05) is 26.0 Å². The molecule has 1 aromatic carbocycles. The second-order valence-corrected chi connectivity index (χ2v) is 5.76. The first kappa shape index (κ1) is 14.6. The number of likely N-dealkylation sites (tertiary alicyclic amines) is 1. The summed E-state index contributed by atoms with van der Waals surface area (Å²) in [4.78, 5) is 14.4. The number of hydrogen-bond acceptors (Lipinski definition) is 2. The number of hydrogen-bond donors (Lipinski definition) is 0. The van der Waals surface area contributed by atoms with Gasteiger partial charge in [-0.15, -0.1) is 0 Å². The van der Waals surface area contributed by atoms with Gasteiger partial charge in [-0.3, -0.25) is 4.79 Å². The van der Waals surface area contributed by atoms with Gasteiger partial charge in [-0.2, -0.15) is 5.26 Å². The molecule has 3 nitrogen and oxygen atoms in total. The van der Waals surface area contributed by atoms with E-state index in [1.807, 2.05) is 17.0 Å². The first-order chi connectivity index (χ1) is 9.62. The Kier molecular flexibility index (Phi) is 4.44. The summed E-state index contributed by atoms with van der Waals surface area (Å²) in [5.41, 5.74) is 1.96. The first-order valence-corrected chi connectivity index (χ1v) is 7.39. The van der Waals surface area contributed by atoms with Crippen LogP contribution in [0.1, 0.15) is 44.2 Å². The highest BCUT2D eigenvalue weighted by atomic mass is 16.2. The second kappa shape index (κ2) is 6.09. The van der Waals surface area contributed by atoms with Crippen LogP contribution in [0, 0.1) is 16.7 Å². The van der Waals surface area contributed by atoms with E-state index < -0.39 is 0 Å². The lowest BCUT2D eigenvalue weighted by Crippen LogP contribution is -2.32. The molecule has 0 radical (unpaired) electrons. The van der Waals surface area contributed by atoms with E-state index in [9.17, 15) is 4.79 Å². The maximum atomic E-state index is 12.3. The van der Waals surface area contributed by atoms with Crippen LogP contribution in [0.3, 0.4) is 0 Å². The SMILES string of the molecule is CCC1(CC)CCN(C(=O)Cc2ccc(C#N)cc2)C1. The summed E-state index contributed by atoms with van der Waals surface area (Å²) in [6.07, 6.45) is 3.85. The Morgan fingerprint density at radius 2 is 1.95 bits per heavy atom. The van der Waals surface area contributed by atoms with Crippen molar-refractivity contribution in [1.82, 2.24) is 4.90 Å². The molecule has 0 spiro atoms. The van der Waals surface area contributed by atoms with Crippen LogP contribution in [0.25, 0.3) is 0 Å². The van der Waals surface area contributed by atoms with E-state index in [0.29, 0.717) is 17.4 Å². The molecule has 0 aromatic heterocycles. The largest absolute Gasteiger partial charge is 0.342 e. The lowest BCUT2D eigenvalue weighted by molar-refractivity contribution is -0.129. The highest BCUT2D eigenvalue weighted by molar-refractivity contribution is 5.79. The molecule has 1 amide bonds. The number of nitrogens with zero attached hydrogens (tertiary/aromatic N) is 2. The van der Waals surface area contributed by atoms with Crippen LogP contribution >= 0.6 is 0 Å². The fraction of sp³-hybridized carbons (Fsp3) is 0.529. The summed E-state index contributed by atoms with van der Waals surface area (Å²) in [5, 5.41) is 8.77. The molecule has 1 heterocycles. The minimum absolute atomic E-state index is 0.207. The molecule has 1 saturated heterocycles. The zero-order valence-corrected chi connectivity index (χ0v) is 12.4. The van der Waals surface area contributed by atoms with Crippen molar-refractivity contribution in [2.45, 2.75) is 39.5 Å². The van der Waals surface area contributed by atoms with Gasteiger partial charge in [0, 0.05) is 13.1 Å². The van der Waals surface area contributed by atoms with E-state index in [4.69, 9.17) is 5.26 Å². The molecule has 3 heteroatoms. The number of amides is 1. The van der Waals surface area contributed by atoms with Crippen molar-refractivity contribution in [2.75, 3.05) is 13.1 Å². The summed E-state index contributed by atoms with van der Waals surface area (Å²) in [7, 11) is 0. The number of rotatable bonds is 4. The van der Waals surface area contributed by atoms with Gasteiger partial charge in [0.05, 0.1) is 18.1 Å². The minimum Gasteiger partial charge on any atom is -0.342 e. The van der Waals surface area contributed by atoms with E-state index in [2.05, 4.69) is 19.9 Å². The molecule has 0 N–H and O–H groups in total. The molecule has 0 bridgehead atoms. The third kappa shape index (κ3) is 3.01. The van der Waals surface area contributed by atoms with E-state index >= 15 is 0 Å². The fourth-order valence-electron chi connectivity index (χ4n) is 2.96. The Bertz CT molecular complexity index is 509. The van der Waals surface area contributed by atoms with Crippen LogP contribution in [0.4, 0.5) is 0 Å². The zero-order valence-electron chi connectivity index (χ0n) is 12.4. The van der Waals surface area contributed by atoms with Crippen molar-refractivity contribution in [3.63, 3.8) is 0 Å². The number of carbonyl (C=O) groups is 1. The average Bonchev–Trinajstić information content (AvgIpc) is 2.93. The van der Waals surface area contributed by atoms with Crippen molar-refractivity contribution >= 4 is 5.91 Å². The molecular formula is C17H22N2O. The van der Waals surface area contributed by atoms with Crippen molar-refractivity contribution in [1.29, 1.82) is 5.26 Å². The van der Waals surface area contributed by atoms with Gasteiger partial charge in [0.2, 0.25) is 5.91 Å². The highest BCUT2D eigenvalue weighted by Crippen LogP contribution is 2.37. The Morgan fingerprint density at radius 3 is 2.45 bits per heavy atom. The summed E-state index contributed by atoms with van der Waals surface area (Å²) in [6, 6.07) is 9.39. The van der Waals surface area contributed by atoms with Gasteiger partial charge < -0.3 is 4.90 Å². The fourth-order valence-corrected chi connectivity index (χ4v) is 2.96. The Balaban J connectivity index is 1.97. The smallest absolute Gasteiger partial charge is 0.227 e. The topological polar surface area (TPSA) is 44.1 Å². The zero-order chi connectivity index (χ0) is 14.6. The van der Waals surface area contributed by atoms with Crippen LogP contribution in [-0.4, -0.2) is 23.9 Å². The second-order valence-electron chi connectivity index (χ2n) is 5.76. The van der Waals surface area contributed by atoms with Crippen LogP contribution in [-0.2, 0) is 11.2 Å². The van der Waals surface area contributed by atoms with Gasteiger partial charge in [-0.25, -0.2) is 0 Å². The lowest BCUT2D eigenvalue weighted by atomic mass is 9.82. The van der Waals surface area contributed by atoms with Gasteiger partial charge in [0.1, 0.15) is 0 Å². The number of nitriles is 1. The van der Waals surface area contributed by atoms with Crippen LogP contribution in [0.2, 0.25) is 0 Å². The Labute approximate surface area is 121 Å². The summed E-state index contributed by atoms with van der Waals surface area (Å²) in [6.45, 7) is 6.22. The summed E-state index contributed by atoms with van der Waals surface area (Å²) in [5.74, 6) is 0.207. The number of benzene rings is 1. The van der Waals surface area contributed by atoms with E-state index in [1.54, 1.807) is 12.1 Å². The average molecular weight is 270 g/mol. The first-order valence-electron chi connectivity index (χ1n) is 7.39. The molecule has 1 aromatic rings. The van der Waals surface area contributed by atoms with Gasteiger partial charge >= 0.3 is 0 Å². The van der Waals surface area contributed by atoms with Crippen molar-refractivity contribution < 1.29 is 4.79 Å². The molecule has 1 aliphatic rings. The molecular weight excluding hydrogens is 248 g/mol. The maximum Gasteiger partial charge on any atom is 0.227 e. The van der Waals surface area contributed by atoms with E-state index in [0.717, 1.165) is 37.9 Å². The van der Waals surface area contributed by atoms with Crippen LogP contribution in [0.5, 0.6) is 0 Å². The van der Waals surface area contributed by atoms with Crippen molar-refractivity contribution in [2.24, 2.45) is 5.41 Å². The van der Waals surface area contributed by atoms with Crippen LogP contribution < -0.4 is 0 Å². The van der Waals surface area contributed by atoms with Crippen LogP contribution in [0.15, 0.2) is 24.3 Å². The predicted molar refractivity (Wildman–Crippen MR) is 79.1 cm³/mol. The highest BCUT2D eigenvalue weighted by Gasteiger charge is 2.36. The Hall–Kier alpha value is -1.82. The normalized spacial score (nSPS) is 16.9. The molecule has 2 rings (SSSR count). The van der Waals surface area contributed by atoms with Crippen molar-refractivity contribution in [3.05, 3.63) is 35.4 Å². The van der Waals surface area contributed by atoms with Gasteiger partial charge in [0.25, 0.3) is 0 Å². The molecule has 0 aliphatic carbocycles. The van der Waals surface area contributed by atoms with Crippen molar-refractivity contribution in [3.8, 4) is 6.07 Å². The van der Waals surface area contributed by atoms with Gasteiger partial charge in [0.15, 0.2) is 0 Å². The maximum absolute atomic E-state index is 12.3. The third-order valence-electron chi connectivity index (χ3n) is 4.73. The molecule has 0 saturated carbocycles. The number of carbonyl (C=O) groups excluding carboxylic acids is 1. The molecule has 1 aliphatic heterocycles. The third-order valence-corrected chi connectivity index (χ3v) is 4.73. The molecule has 20 heavy (non-hydrogen) atoms. The standard InChI is InChI=1S/C17H22N2O/c1-3-17(4-2)9-10-19(13-17)16(20)11-14-5-7-15(12-18)8-6-14/h5-8H,3-4,9-11,13H2,1-2H3. The molecule has 1 fully saturated rings. The van der Waals surface area contributed by atoms with Gasteiger partial charge in [-0.05, 0) is 42.4 Å². The van der Waals surface area contributed by atoms with E-state index in [1.165, 1.54) is 0 Å². The minimum atomic E-state index is 0.207. The quantitative estimate of drug-likeness (QED) is 0.843. The summed E-state index contributed by atoms with van der Waals surface area (Å²) < 4.78 is 0. The predicted octanol–water partition coefficient (Wildman–Crippen LogP) is 3.14. The monoisotopic (exact) mass is 270 g/mol. The van der Waals surface area contributed by atoms with E-state index in [-0.39, 0.29) is 5.91 Å². The summed E-state index contributed by atoms with van der Waals surface area (Å²) >= 11 is 0. The lowest BCUT2D eigenvalue weighted by Gasteiger charge is -2.26.